The Morgan fingerprint density at radius 1 is 1.15 bits per heavy atom. The summed E-state index contributed by atoms with van der Waals surface area (Å²) in [4.78, 5) is 9.41. The monoisotopic (exact) mass is 284 g/mol. The summed E-state index contributed by atoms with van der Waals surface area (Å²) in [5.74, 6) is 0. The van der Waals surface area contributed by atoms with E-state index in [1.807, 2.05) is 24.3 Å². The fourth-order valence-electron chi connectivity index (χ4n) is 2.26. The van der Waals surface area contributed by atoms with Crippen molar-refractivity contribution in [2.75, 3.05) is 38.1 Å². The SMILES string of the molecule is CN1CCN(c2nc(-c3ccc(C#N)cc3)cs2)CC1. The first kappa shape index (κ1) is 13.1. The number of likely N-dealkylation sites (N-methyl/N-ethyl adjacent to an activating group) is 1. The van der Waals surface area contributed by atoms with Crippen molar-refractivity contribution in [2.24, 2.45) is 0 Å². The van der Waals surface area contributed by atoms with E-state index in [2.05, 4.69) is 28.3 Å². The van der Waals surface area contributed by atoms with E-state index in [-0.39, 0.29) is 0 Å². The highest BCUT2D eigenvalue weighted by molar-refractivity contribution is 7.14. The quantitative estimate of drug-likeness (QED) is 0.849. The van der Waals surface area contributed by atoms with Gasteiger partial charge in [0.1, 0.15) is 0 Å². The molecule has 1 aromatic heterocycles. The third-order valence-corrected chi connectivity index (χ3v) is 4.48. The minimum absolute atomic E-state index is 0.684. The molecule has 0 aliphatic carbocycles. The highest BCUT2D eigenvalue weighted by atomic mass is 32.1. The normalized spacial score (nSPS) is 16.1. The standard InChI is InChI=1S/C15H16N4S/c1-18-6-8-19(9-7-18)15-17-14(11-20-15)13-4-2-12(10-16)3-5-13/h2-5,11H,6-9H2,1H3. The van der Waals surface area contributed by atoms with Gasteiger partial charge in [-0.15, -0.1) is 11.3 Å². The Balaban J connectivity index is 1.77. The Kier molecular flexibility index (Phi) is 3.68. The number of nitriles is 1. The van der Waals surface area contributed by atoms with Crippen molar-refractivity contribution >= 4 is 16.5 Å². The molecular formula is C15H16N4S. The lowest BCUT2D eigenvalue weighted by Crippen LogP contribution is -2.44. The Labute approximate surface area is 122 Å². The summed E-state index contributed by atoms with van der Waals surface area (Å²) in [5, 5.41) is 12.0. The second-order valence-corrected chi connectivity index (χ2v) is 5.83. The predicted molar refractivity (Wildman–Crippen MR) is 82.0 cm³/mol. The lowest BCUT2D eigenvalue weighted by Gasteiger charge is -2.32. The van der Waals surface area contributed by atoms with Gasteiger partial charge in [-0.25, -0.2) is 4.98 Å². The number of nitrogens with zero attached hydrogens (tertiary/aromatic N) is 4. The zero-order valence-electron chi connectivity index (χ0n) is 11.4. The van der Waals surface area contributed by atoms with Gasteiger partial charge in [-0.1, -0.05) is 12.1 Å². The number of rotatable bonds is 2. The molecule has 0 saturated carbocycles. The number of hydrogen-bond donors (Lipinski definition) is 0. The summed E-state index contributed by atoms with van der Waals surface area (Å²) < 4.78 is 0. The summed E-state index contributed by atoms with van der Waals surface area (Å²) in [6, 6.07) is 9.73. The van der Waals surface area contributed by atoms with Crippen LogP contribution >= 0.6 is 11.3 Å². The molecule has 1 aliphatic rings. The van der Waals surface area contributed by atoms with Crippen LogP contribution in [-0.4, -0.2) is 43.1 Å². The van der Waals surface area contributed by atoms with Crippen LogP contribution in [0.4, 0.5) is 5.13 Å². The largest absolute Gasteiger partial charge is 0.346 e. The Morgan fingerprint density at radius 2 is 1.85 bits per heavy atom. The van der Waals surface area contributed by atoms with E-state index in [4.69, 9.17) is 10.2 Å². The van der Waals surface area contributed by atoms with Gasteiger partial charge in [-0.3, -0.25) is 0 Å². The maximum Gasteiger partial charge on any atom is 0.185 e. The fourth-order valence-corrected chi connectivity index (χ4v) is 3.14. The molecule has 0 unspecified atom stereocenters. The van der Waals surface area contributed by atoms with Crippen molar-refractivity contribution in [1.29, 1.82) is 5.26 Å². The highest BCUT2D eigenvalue weighted by Gasteiger charge is 2.17. The third kappa shape index (κ3) is 2.67. The molecular weight excluding hydrogens is 268 g/mol. The van der Waals surface area contributed by atoms with Crippen LogP contribution in [-0.2, 0) is 0 Å². The number of thiazole rings is 1. The number of hydrogen-bond acceptors (Lipinski definition) is 5. The Morgan fingerprint density at radius 3 is 2.50 bits per heavy atom. The number of piperazine rings is 1. The molecule has 3 rings (SSSR count). The minimum atomic E-state index is 0.684. The van der Waals surface area contributed by atoms with Gasteiger partial charge in [0.05, 0.1) is 17.3 Å². The summed E-state index contributed by atoms with van der Waals surface area (Å²) in [6.07, 6.45) is 0. The van der Waals surface area contributed by atoms with Crippen LogP contribution in [0.25, 0.3) is 11.3 Å². The first-order valence-electron chi connectivity index (χ1n) is 6.66. The number of benzene rings is 1. The van der Waals surface area contributed by atoms with Gasteiger partial charge in [0.15, 0.2) is 5.13 Å². The average molecular weight is 284 g/mol. The molecule has 1 saturated heterocycles. The van der Waals surface area contributed by atoms with E-state index in [1.165, 1.54) is 0 Å². The van der Waals surface area contributed by atoms with Crippen molar-refractivity contribution in [2.45, 2.75) is 0 Å². The minimum Gasteiger partial charge on any atom is -0.346 e. The van der Waals surface area contributed by atoms with Gasteiger partial charge in [0.25, 0.3) is 0 Å². The highest BCUT2D eigenvalue weighted by Crippen LogP contribution is 2.28. The van der Waals surface area contributed by atoms with E-state index in [0.29, 0.717) is 5.56 Å². The topological polar surface area (TPSA) is 43.2 Å². The van der Waals surface area contributed by atoms with Crippen LogP contribution in [0.1, 0.15) is 5.56 Å². The second-order valence-electron chi connectivity index (χ2n) is 4.99. The average Bonchev–Trinajstić information content (AvgIpc) is 2.98. The van der Waals surface area contributed by atoms with Gasteiger partial charge < -0.3 is 9.80 Å². The van der Waals surface area contributed by atoms with E-state index in [1.54, 1.807) is 11.3 Å². The molecule has 0 bridgehead atoms. The van der Waals surface area contributed by atoms with Crippen molar-refractivity contribution in [1.82, 2.24) is 9.88 Å². The molecule has 2 heterocycles. The number of anilines is 1. The summed E-state index contributed by atoms with van der Waals surface area (Å²) in [7, 11) is 2.15. The van der Waals surface area contributed by atoms with Crippen molar-refractivity contribution < 1.29 is 0 Å². The van der Waals surface area contributed by atoms with Crippen LogP contribution in [0.15, 0.2) is 29.6 Å². The van der Waals surface area contributed by atoms with E-state index in [9.17, 15) is 0 Å². The molecule has 2 aromatic rings. The van der Waals surface area contributed by atoms with Gasteiger partial charge in [0.2, 0.25) is 0 Å². The molecule has 1 aromatic carbocycles. The maximum atomic E-state index is 8.82. The van der Waals surface area contributed by atoms with E-state index < -0.39 is 0 Å². The molecule has 102 valence electrons. The first-order valence-corrected chi connectivity index (χ1v) is 7.54. The fraction of sp³-hybridized carbons (Fsp3) is 0.333. The second kappa shape index (κ2) is 5.61. The number of aromatic nitrogens is 1. The Hall–Kier alpha value is -1.90. The molecule has 0 radical (unpaired) electrons. The zero-order chi connectivity index (χ0) is 13.9. The van der Waals surface area contributed by atoms with Crippen molar-refractivity contribution in [3.8, 4) is 17.3 Å². The molecule has 0 amide bonds. The molecule has 0 N–H and O–H groups in total. The molecule has 1 aliphatic heterocycles. The lowest BCUT2D eigenvalue weighted by molar-refractivity contribution is 0.313. The van der Waals surface area contributed by atoms with Crippen LogP contribution in [0.2, 0.25) is 0 Å². The smallest absolute Gasteiger partial charge is 0.185 e. The maximum absolute atomic E-state index is 8.82. The van der Waals surface area contributed by atoms with Gasteiger partial charge in [-0.05, 0) is 19.2 Å². The van der Waals surface area contributed by atoms with Gasteiger partial charge in [0, 0.05) is 37.1 Å². The first-order chi connectivity index (χ1) is 9.76. The van der Waals surface area contributed by atoms with Crippen LogP contribution in [0, 0.1) is 11.3 Å². The van der Waals surface area contributed by atoms with Gasteiger partial charge in [-0.2, -0.15) is 5.26 Å². The van der Waals surface area contributed by atoms with Gasteiger partial charge >= 0.3 is 0 Å². The molecule has 5 heteroatoms. The summed E-state index contributed by atoms with van der Waals surface area (Å²) >= 11 is 1.69. The predicted octanol–water partition coefficient (Wildman–Crippen LogP) is 2.43. The lowest BCUT2D eigenvalue weighted by atomic mass is 10.1. The van der Waals surface area contributed by atoms with E-state index in [0.717, 1.165) is 42.6 Å². The molecule has 0 atom stereocenters. The molecule has 20 heavy (non-hydrogen) atoms. The van der Waals surface area contributed by atoms with Crippen molar-refractivity contribution in [3.63, 3.8) is 0 Å². The van der Waals surface area contributed by atoms with E-state index >= 15 is 0 Å². The van der Waals surface area contributed by atoms with Crippen molar-refractivity contribution in [3.05, 3.63) is 35.2 Å². The summed E-state index contributed by atoms with van der Waals surface area (Å²) in [5.41, 5.74) is 2.75. The van der Waals surface area contributed by atoms with Crippen LogP contribution < -0.4 is 4.90 Å². The van der Waals surface area contributed by atoms with Crippen LogP contribution in [0.5, 0.6) is 0 Å². The third-order valence-electron chi connectivity index (χ3n) is 3.58. The Bertz CT molecular complexity index is 618. The molecule has 1 fully saturated rings. The molecule has 0 spiro atoms. The molecule has 4 nitrogen and oxygen atoms in total. The van der Waals surface area contributed by atoms with Crippen LogP contribution in [0.3, 0.4) is 0 Å². The zero-order valence-corrected chi connectivity index (χ0v) is 12.2. The summed E-state index contributed by atoms with van der Waals surface area (Å²) in [6.45, 7) is 4.26.